The molecule has 0 bridgehead atoms. The third kappa shape index (κ3) is 4.95. The van der Waals surface area contributed by atoms with Crippen LogP contribution in [0.2, 0.25) is 0 Å². The van der Waals surface area contributed by atoms with E-state index in [0.29, 0.717) is 26.1 Å². The van der Waals surface area contributed by atoms with Gasteiger partial charge in [-0.25, -0.2) is 8.42 Å². The first-order chi connectivity index (χ1) is 16.4. The highest BCUT2D eigenvalue weighted by Crippen LogP contribution is 2.33. The van der Waals surface area contributed by atoms with Crippen LogP contribution in [0, 0.1) is 5.92 Å². The first-order valence-electron chi connectivity index (χ1n) is 11.6. The van der Waals surface area contributed by atoms with E-state index in [4.69, 9.17) is 9.47 Å². The fourth-order valence-corrected chi connectivity index (χ4v) is 6.59. The first kappa shape index (κ1) is 23.6. The number of hydrogen-bond donors (Lipinski definition) is 0. The fraction of sp³-hybridized carbons (Fsp3) is 0.458. The zero-order chi connectivity index (χ0) is 23.7. The number of rotatable bonds is 5. The number of carbonyl (C=O) groups excluding carboxylic acids is 1. The second kappa shape index (κ2) is 9.85. The maximum atomic E-state index is 13.2. The van der Waals surface area contributed by atoms with Gasteiger partial charge in [0.1, 0.15) is 0 Å². The minimum atomic E-state index is -3.61. The molecule has 0 N–H and O–H groups in total. The smallest absolute Gasteiger partial charge is 0.243 e. The molecule has 3 heterocycles. The molecular weight excluding hydrogens is 522 g/mol. The van der Waals surface area contributed by atoms with Gasteiger partial charge in [-0.3, -0.25) is 9.69 Å². The van der Waals surface area contributed by atoms with Crippen molar-refractivity contribution in [3.63, 3.8) is 0 Å². The third-order valence-electron chi connectivity index (χ3n) is 6.71. The Kier molecular flexibility index (Phi) is 6.83. The number of ether oxygens (including phenoxy) is 2. The van der Waals surface area contributed by atoms with E-state index in [2.05, 4.69) is 20.8 Å². The minimum Gasteiger partial charge on any atom is -0.454 e. The highest BCUT2D eigenvalue weighted by Gasteiger charge is 2.35. The van der Waals surface area contributed by atoms with Crippen molar-refractivity contribution in [1.29, 1.82) is 0 Å². The van der Waals surface area contributed by atoms with Gasteiger partial charge in [-0.2, -0.15) is 4.31 Å². The van der Waals surface area contributed by atoms with E-state index in [9.17, 15) is 13.2 Å². The molecule has 0 aromatic heterocycles. The molecule has 3 aliphatic heterocycles. The minimum absolute atomic E-state index is 0.0680. The van der Waals surface area contributed by atoms with Gasteiger partial charge in [0.25, 0.3) is 0 Å². The quantitative estimate of drug-likeness (QED) is 0.570. The van der Waals surface area contributed by atoms with Crippen molar-refractivity contribution in [3.8, 4) is 11.5 Å². The molecule has 0 saturated carbocycles. The van der Waals surface area contributed by atoms with E-state index < -0.39 is 10.0 Å². The number of fused-ring (bicyclic) bond motifs is 1. The van der Waals surface area contributed by atoms with E-state index in [1.54, 1.807) is 24.3 Å². The Labute approximate surface area is 208 Å². The molecule has 10 heteroatoms. The van der Waals surface area contributed by atoms with Crippen LogP contribution in [0.25, 0.3) is 0 Å². The van der Waals surface area contributed by atoms with Crippen molar-refractivity contribution in [2.24, 2.45) is 5.92 Å². The van der Waals surface area contributed by atoms with Crippen LogP contribution in [0.4, 0.5) is 0 Å². The maximum absolute atomic E-state index is 13.2. The largest absolute Gasteiger partial charge is 0.454 e. The normalized spacial score (nSPS) is 21.6. The Morgan fingerprint density at radius 1 is 0.971 bits per heavy atom. The van der Waals surface area contributed by atoms with Gasteiger partial charge < -0.3 is 14.4 Å². The molecule has 1 atom stereocenters. The first-order valence-corrected chi connectivity index (χ1v) is 13.8. The average molecular weight is 550 g/mol. The number of benzene rings is 2. The van der Waals surface area contributed by atoms with Crippen molar-refractivity contribution in [3.05, 3.63) is 52.5 Å². The van der Waals surface area contributed by atoms with E-state index in [1.165, 1.54) is 4.31 Å². The monoisotopic (exact) mass is 549 g/mol. The number of amides is 1. The predicted octanol–water partition coefficient (Wildman–Crippen LogP) is 2.92. The van der Waals surface area contributed by atoms with Crippen LogP contribution in [0.5, 0.6) is 11.5 Å². The summed E-state index contributed by atoms with van der Waals surface area (Å²) in [6, 6.07) is 12.7. The number of piperidine rings is 1. The van der Waals surface area contributed by atoms with E-state index in [0.717, 1.165) is 47.6 Å². The molecule has 182 valence electrons. The molecule has 34 heavy (non-hydrogen) atoms. The van der Waals surface area contributed by atoms with Crippen LogP contribution in [-0.2, 0) is 21.4 Å². The van der Waals surface area contributed by atoms with Crippen LogP contribution < -0.4 is 9.47 Å². The molecule has 1 amide bonds. The van der Waals surface area contributed by atoms with E-state index in [-0.39, 0.29) is 30.1 Å². The maximum Gasteiger partial charge on any atom is 0.243 e. The third-order valence-corrected chi connectivity index (χ3v) is 9.12. The summed E-state index contributed by atoms with van der Waals surface area (Å²) in [5, 5.41) is 0. The lowest BCUT2D eigenvalue weighted by Crippen LogP contribution is -2.52. The van der Waals surface area contributed by atoms with Crippen LogP contribution >= 0.6 is 15.9 Å². The van der Waals surface area contributed by atoms with Gasteiger partial charge in [0.05, 0.1) is 10.8 Å². The second-order valence-corrected chi connectivity index (χ2v) is 11.8. The van der Waals surface area contributed by atoms with Crippen molar-refractivity contribution < 1.29 is 22.7 Å². The molecule has 0 unspecified atom stereocenters. The summed E-state index contributed by atoms with van der Waals surface area (Å²) in [7, 11) is -3.61. The summed E-state index contributed by atoms with van der Waals surface area (Å²) in [5.74, 6) is 1.34. The Hall–Kier alpha value is -2.14. The Bertz CT molecular complexity index is 1150. The van der Waals surface area contributed by atoms with Gasteiger partial charge in [0.15, 0.2) is 11.5 Å². The molecule has 5 rings (SSSR count). The lowest BCUT2D eigenvalue weighted by molar-refractivity contribution is -0.138. The topological polar surface area (TPSA) is 79.4 Å². The zero-order valence-corrected chi connectivity index (χ0v) is 21.3. The standard InChI is InChI=1S/C24H28BrN3O5S/c25-20-4-6-21(7-5-20)34(30,31)28-9-1-2-19(16-28)24(29)27-12-10-26(11-13-27)15-18-3-8-22-23(14-18)33-17-32-22/h3-8,14,19H,1-2,9-13,15-17H2/t19-/m1/s1. The Balaban J connectivity index is 1.16. The van der Waals surface area contributed by atoms with Crippen LogP contribution in [-0.4, -0.2) is 74.5 Å². The van der Waals surface area contributed by atoms with Crippen molar-refractivity contribution in [1.82, 2.24) is 14.1 Å². The summed E-state index contributed by atoms with van der Waals surface area (Å²) in [6.07, 6.45) is 1.42. The Morgan fingerprint density at radius 2 is 1.71 bits per heavy atom. The molecule has 3 aliphatic rings. The highest BCUT2D eigenvalue weighted by molar-refractivity contribution is 9.10. The lowest BCUT2D eigenvalue weighted by atomic mass is 9.97. The van der Waals surface area contributed by atoms with Crippen molar-refractivity contribution in [2.45, 2.75) is 24.3 Å². The van der Waals surface area contributed by atoms with Crippen molar-refractivity contribution in [2.75, 3.05) is 46.1 Å². The number of piperazine rings is 1. The number of halogens is 1. The van der Waals surface area contributed by atoms with Gasteiger partial charge >= 0.3 is 0 Å². The molecule has 2 aromatic carbocycles. The van der Waals surface area contributed by atoms with E-state index >= 15 is 0 Å². The van der Waals surface area contributed by atoms with Crippen LogP contribution in [0.15, 0.2) is 51.8 Å². The SMILES string of the molecule is O=C([C@@H]1CCCN(S(=O)(=O)c2ccc(Br)cc2)C1)N1CCN(Cc2ccc3c(c2)OCO3)CC1. The Morgan fingerprint density at radius 3 is 2.47 bits per heavy atom. The van der Waals surface area contributed by atoms with Gasteiger partial charge in [-0.15, -0.1) is 0 Å². The van der Waals surface area contributed by atoms with Crippen molar-refractivity contribution >= 4 is 31.9 Å². The fourth-order valence-electron chi connectivity index (χ4n) is 4.80. The van der Waals surface area contributed by atoms with Gasteiger partial charge in [-0.1, -0.05) is 22.0 Å². The van der Waals surface area contributed by atoms with Crippen LogP contribution in [0.3, 0.4) is 0 Å². The molecule has 2 fully saturated rings. The molecule has 2 saturated heterocycles. The molecule has 0 spiro atoms. The lowest BCUT2D eigenvalue weighted by Gasteiger charge is -2.38. The summed E-state index contributed by atoms with van der Waals surface area (Å²) in [6.45, 7) is 4.63. The van der Waals surface area contributed by atoms with Crippen LogP contribution in [0.1, 0.15) is 18.4 Å². The summed E-state index contributed by atoms with van der Waals surface area (Å²) in [5.41, 5.74) is 1.16. The summed E-state index contributed by atoms with van der Waals surface area (Å²) >= 11 is 3.34. The molecule has 0 radical (unpaired) electrons. The number of nitrogens with zero attached hydrogens (tertiary/aromatic N) is 3. The molecular formula is C24H28BrN3O5S. The molecule has 8 nitrogen and oxygen atoms in total. The zero-order valence-electron chi connectivity index (χ0n) is 18.9. The predicted molar refractivity (Wildman–Crippen MR) is 130 cm³/mol. The second-order valence-electron chi connectivity index (χ2n) is 8.95. The van der Waals surface area contributed by atoms with Gasteiger partial charge in [0.2, 0.25) is 22.7 Å². The van der Waals surface area contributed by atoms with Gasteiger partial charge in [0, 0.05) is 50.3 Å². The summed E-state index contributed by atoms with van der Waals surface area (Å²) < 4.78 is 39.3. The average Bonchev–Trinajstić information content (AvgIpc) is 3.32. The number of carbonyl (C=O) groups is 1. The van der Waals surface area contributed by atoms with Gasteiger partial charge in [-0.05, 0) is 54.8 Å². The molecule has 0 aliphatic carbocycles. The number of hydrogen-bond acceptors (Lipinski definition) is 6. The summed E-state index contributed by atoms with van der Waals surface area (Å²) in [4.78, 5) is 17.7. The number of sulfonamides is 1. The molecule has 2 aromatic rings. The van der Waals surface area contributed by atoms with E-state index in [1.807, 2.05) is 23.1 Å². The highest BCUT2D eigenvalue weighted by atomic mass is 79.9.